The first-order valence-electron chi connectivity index (χ1n) is 11.1. The molecule has 2 aromatic carbocycles. The zero-order chi connectivity index (χ0) is 25.5. The van der Waals surface area contributed by atoms with Crippen LogP contribution in [0.5, 0.6) is 0 Å². The highest BCUT2D eigenvalue weighted by Gasteiger charge is 2.36. The average Bonchev–Trinajstić information content (AvgIpc) is 2.84. The molecule has 0 bridgehead atoms. The van der Waals surface area contributed by atoms with Gasteiger partial charge in [-0.2, -0.15) is 17.5 Å². The Balaban J connectivity index is 1.71. The second kappa shape index (κ2) is 11.5. The number of carbonyl (C=O) groups is 2. The molecule has 7 nitrogen and oxygen atoms in total. The normalized spacial score (nSPS) is 16.1. The van der Waals surface area contributed by atoms with Crippen molar-refractivity contribution in [3.8, 4) is 0 Å². The van der Waals surface area contributed by atoms with Crippen molar-refractivity contribution in [2.24, 2.45) is 0 Å². The molecule has 0 spiro atoms. The molecule has 0 saturated carbocycles. The Morgan fingerprint density at radius 3 is 2.20 bits per heavy atom. The van der Waals surface area contributed by atoms with Gasteiger partial charge < -0.3 is 10.6 Å². The highest BCUT2D eigenvalue weighted by molar-refractivity contribution is 7.89. The Labute approximate surface area is 202 Å². The summed E-state index contributed by atoms with van der Waals surface area (Å²) < 4.78 is 64.4. The van der Waals surface area contributed by atoms with Crippen LogP contribution in [-0.2, 0) is 26.0 Å². The van der Waals surface area contributed by atoms with Crippen LogP contribution in [0.2, 0.25) is 0 Å². The minimum absolute atomic E-state index is 0.116. The topological polar surface area (TPSA) is 95.6 Å². The third kappa shape index (κ3) is 7.40. The van der Waals surface area contributed by atoms with Gasteiger partial charge in [0.2, 0.25) is 15.9 Å². The number of piperidine rings is 1. The van der Waals surface area contributed by atoms with Crippen molar-refractivity contribution < 1.29 is 31.2 Å². The number of anilines is 1. The van der Waals surface area contributed by atoms with Crippen LogP contribution in [0.3, 0.4) is 0 Å². The van der Waals surface area contributed by atoms with E-state index in [1.807, 2.05) is 0 Å². The van der Waals surface area contributed by atoms with Gasteiger partial charge in [-0.25, -0.2) is 8.42 Å². The van der Waals surface area contributed by atoms with E-state index in [0.29, 0.717) is 24.9 Å². The van der Waals surface area contributed by atoms with Crippen molar-refractivity contribution in [3.05, 3.63) is 72.4 Å². The van der Waals surface area contributed by atoms with E-state index in [4.69, 9.17) is 0 Å². The second-order valence-corrected chi connectivity index (χ2v) is 10.0. The van der Waals surface area contributed by atoms with Crippen molar-refractivity contribution in [2.75, 3.05) is 18.4 Å². The van der Waals surface area contributed by atoms with Crippen LogP contribution in [0, 0.1) is 0 Å². The largest absolute Gasteiger partial charge is 0.454 e. The zero-order valence-electron chi connectivity index (χ0n) is 18.8. The molecule has 2 aromatic rings. The SMILES string of the molecule is O=C(Nc1ccc(S(=O)(=O)N2CCCCC2)cc1)C(Cc1ccccc1)NC=CC(=O)C(F)(F)F. The van der Waals surface area contributed by atoms with Crippen molar-refractivity contribution in [1.82, 2.24) is 9.62 Å². The van der Waals surface area contributed by atoms with Crippen molar-refractivity contribution in [1.29, 1.82) is 0 Å². The molecule has 0 aromatic heterocycles. The van der Waals surface area contributed by atoms with Gasteiger partial charge in [0.25, 0.3) is 5.78 Å². The zero-order valence-corrected chi connectivity index (χ0v) is 19.6. The van der Waals surface area contributed by atoms with Gasteiger partial charge in [-0.15, -0.1) is 0 Å². The minimum atomic E-state index is -5.01. The van der Waals surface area contributed by atoms with E-state index in [2.05, 4.69) is 10.6 Å². The lowest BCUT2D eigenvalue weighted by atomic mass is 10.1. The van der Waals surface area contributed by atoms with Gasteiger partial charge in [0.1, 0.15) is 6.04 Å². The molecular weight excluding hydrogens is 483 g/mol. The lowest BCUT2D eigenvalue weighted by molar-refractivity contribution is -0.165. The van der Waals surface area contributed by atoms with Crippen LogP contribution in [-0.4, -0.2) is 49.7 Å². The predicted octanol–water partition coefficient (Wildman–Crippen LogP) is 3.65. The summed E-state index contributed by atoms with van der Waals surface area (Å²) in [5.41, 5.74) is 1.07. The summed E-state index contributed by atoms with van der Waals surface area (Å²) in [5.74, 6) is -2.61. The monoisotopic (exact) mass is 509 g/mol. The van der Waals surface area contributed by atoms with Gasteiger partial charge in [-0.3, -0.25) is 9.59 Å². The first kappa shape index (κ1) is 26.4. The Morgan fingerprint density at radius 1 is 0.971 bits per heavy atom. The summed E-state index contributed by atoms with van der Waals surface area (Å²) >= 11 is 0. The van der Waals surface area contributed by atoms with E-state index < -0.39 is 33.9 Å². The minimum Gasteiger partial charge on any atom is -0.379 e. The Bertz CT molecular complexity index is 1140. The second-order valence-electron chi connectivity index (χ2n) is 8.08. The van der Waals surface area contributed by atoms with E-state index in [-0.39, 0.29) is 11.3 Å². The van der Waals surface area contributed by atoms with Gasteiger partial charge >= 0.3 is 6.18 Å². The van der Waals surface area contributed by atoms with Gasteiger partial charge in [0.05, 0.1) is 4.90 Å². The molecule has 188 valence electrons. The fourth-order valence-corrected chi connectivity index (χ4v) is 5.12. The molecule has 1 amide bonds. The standard InChI is InChI=1S/C24H26F3N3O4S/c25-24(26,27)22(31)13-14-28-21(17-18-7-3-1-4-8-18)23(32)29-19-9-11-20(12-10-19)35(33,34)30-15-5-2-6-16-30/h1,3-4,7-14,21,28H,2,5-6,15-17H2,(H,29,32). The number of alkyl halides is 3. The fraction of sp³-hybridized carbons (Fsp3) is 0.333. The van der Waals surface area contributed by atoms with Crippen LogP contribution in [0.15, 0.2) is 71.8 Å². The molecule has 2 N–H and O–H groups in total. The van der Waals surface area contributed by atoms with Gasteiger partial charge in [0.15, 0.2) is 0 Å². The molecule has 35 heavy (non-hydrogen) atoms. The van der Waals surface area contributed by atoms with Crippen molar-refractivity contribution in [3.63, 3.8) is 0 Å². The van der Waals surface area contributed by atoms with Gasteiger partial charge in [-0.1, -0.05) is 36.8 Å². The highest BCUT2D eigenvalue weighted by Crippen LogP contribution is 2.22. The van der Waals surface area contributed by atoms with E-state index in [1.165, 1.54) is 28.6 Å². The third-order valence-corrected chi connectivity index (χ3v) is 7.40. The summed E-state index contributed by atoms with van der Waals surface area (Å²) in [5, 5.41) is 5.19. The first-order chi connectivity index (χ1) is 16.6. The first-order valence-corrected chi connectivity index (χ1v) is 12.5. The molecule has 1 aliphatic heterocycles. The molecule has 1 heterocycles. The van der Waals surface area contributed by atoms with E-state index in [9.17, 15) is 31.2 Å². The lowest BCUT2D eigenvalue weighted by Crippen LogP contribution is -2.40. The Hall–Kier alpha value is -3.18. The maximum Gasteiger partial charge on any atom is 0.454 e. The van der Waals surface area contributed by atoms with Gasteiger partial charge in [-0.05, 0) is 42.7 Å². The number of benzene rings is 2. The third-order valence-electron chi connectivity index (χ3n) is 5.49. The summed E-state index contributed by atoms with van der Waals surface area (Å²) in [7, 11) is -3.62. The number of carbonyl (C=O) groups excluding carboxylic acids is 2. The highest BCUT2D eigenvalue weighted by atomic mass is 32.2. The summed E-state index contributed by atoms with van der Waals surface area (Å²) in [6, 6.07) is 13.5. The Kier molecular flexibility index (Phi) is 8.68. The maximum absolute atomic E-state index is 12.9. The van der Waals surface area contributed by atoms with Crippen LogP contribution in [0.25, 0.3) is 0 Å². The van der Waals surface area contributed by atoms with Crippen LogP contribution in [0.4, 0.5) is 18.9 Å². The fourth-order valence-electron chi connectivity index (χ4n) is 3.61. The molecule has 1 saturated heterocycles. The van der Waals surface area contributed by atoms with E-state index >= 15 is 0 Å². The molecule has 1 fully saturated rings. The summed E-state index contributed by atoms with van der Waals surface area (Å²) in [6.07, 6.45) is -1.12. The quantitative estimate of drug-likeness (QED) is 0.504. The summed E-state index contributed by atoms with van der Waals surface area (Å²) in [4.78, 5) is 24.1. The number of amides is 1. The van der Waals surface area contributed by atoms with Crippen molar-refractivity contribution >= 4 is 27.4 Å². The molecule has 1 atom stereocenters. The van der Waals surface area contributed by atoms with E-state index in [1.54, 1.807) is 30.3 Å². The number of halogens is 3. The number of rotatable bonds is 9. The average molecular weight is 510 g/mol. The number of sulfonamides is 1. The maximum atomic E-state index is 12.9. The molecule has 1 aliphatic rings. The molecule has 3 rings (SSSR count). The Morgan fingerprint density at radius 2 is 1.60 bits per heavy atom. The van der Waals surface area contributed by atoms with Crippen molar-refractivity contribution in [2.45, 2.75) is 42.8 Å². The summed E-state index contributed by atoms with van der Waals surface area (Å²) in [6.45, 7) is 0.941. The van der Waals surface area contributed by atoms with Gasteiger partial charge in [0, 0.05) is 37.5 Å². The lowest BCUT2D eigenvalue weighted by Gasteiger charge is -2.26. The number of allylic oxidation sites excluding steroid dienone is 1. The number of ketones is 1. The van der Waals surface area contributed by atoms with Crippen LogP contribution < -0.4 is 10.6 Å². The predicted molar refractivity (Wildman–Crippen MR) is 125 cm³/mol. The number of nitrogens with zero attached hydrogens (tertiary/aromatic N) is 1. The molecule has 0 radical (unpaired) electrons. The molecular formula is C24H26F3N3O4S. The number of nitrogens with one attached hydrogen (secondary N) is 2. The molecule has 0 aliphatic carbocycles. The van der Waals surface area contributed by atoms with E-state index in [0.717, 1.165) is 31.0 Å². The number of hydrogen-bond donors (Lipinski definition) is 2. The van der Waals surface area contributed by atoms with Crippen LogP contribution in [0.1, 0.15) is 24.8 Å². The number of hydrogen-bond acceptors (Lipinski definition) is 5. The smallest absolute Gasteiger partial charge is 0.379 e. The molecule has 1 unspecified atom stereocenters. The molecule has 11 heteroatoms. The van der Waals surface area contributed by atoms with Crippen LogP contribution >= 0.6 is 0 Å².